The molecular weight excluding hydrogens is 112 g/mol. The molecule has 0 saturated heterocycles. The first-order valence-corrected chi connectivity index (χ1v) is 3.06. The highest BCUT2D eigenvalue weighted by atomic mass is 14.9. The lowest BCUT2D eigenvalue weighted by atomic mass is 10.4. The highest BCUT2D eigenvalue weighted by Crippen LogP contribution is 1.82. The Balaban J connectivity index is 3.07. The van der Waals surface area contributed by atoms with E-state index in [1.165, 1.54) is 0 Å². The Morgan fingerprint density at radius 1 is 1.67 bits per heavy atom. The largest absolute Gasteiger partial charge is 0.385 e. The second kappa shape index (κ2) is 5.38. The van der Waals surface area contributed by atoms with E-state index < -0.39 is 0 Å². The molecule has 0 amide bonds. The third kappa shape index (κ3) is 5.11. The summed E-state index contributed by atoms with van der Waals surface area (Å²) in [7, 11) is 0. The van der Waals surface area contributed by atoms with Crippen molar-refractivity contribution in [3.63, 3.8) is 0 Å². The van der Waals surface area contributed by atoms with Gasteiger partial charge in [0.05, 0.1) is 0 Å². The fourth-order valence-corrected chi connectivity index (χ4v) is 0.423. The Morgan fingerprint density at radius 2 is 2.33 bits per heavy atom. The van der Waals surface area contributed by atoms with E-state index in [1.54, 1.807) is 6.08 Å². The summed E-state index contributed by atoms with van der Waals surface area (Å²) in [5, 5.41) is 3.04. The molecule has 0 heterocycles. The molecule has 0 aromatic carbocycles. The molecule has 0 fully saturated rings. The Morgan fingerprint density at radius 3 is 2.78 bits per heavy atom. The van der Waals surface area contributed by atoms with Crippen LogP contribution in [0.25, 0.3) is 0 Å². The van der Waals surface area contributed by atoms with Crippen LogP contribution in [-0.4, -0.2) is 13.1 Å². The Kier molecular flexibility index (Phi) is 4.92. The van der Waals surface area contributed by atoms with Gasteiger partial charge in [-0.05, 0) is 19.0 Å². The van der Waals surface area contributed by atoms with E-state index in [4.69, 9.17) is 5.73 Å². The first kappa shape index (κ1) is 8.24. The van der Waals surface area contributed by atoms with E-state index in [0.717, 1.165) is 25.2 Å². The zero-order valence-corrected chi connectivity index (χ0v) is 5.69. The van der Waals surface area contributed by atoms with Gasteiger partial charge in [0.2, 0.25) is 0 Å². The summed E-state index contributed by atoms with van der Waals surface area (Å²) in [5.74, 6) is 0. The lowest BCUT2D eigenvalue weighted by Gasteiger charge is -2.02. The minimum Gasteiger partial charge on any atom is -0.385 e. The number of nitrogens with one attached hydrogen (secondary N) is 1. The van der Waals surface area contributed by atoms with Crippen LogP contribution in [0.15, 0.2) is 24.9 Å². The number of hydrogen-bond acceptors (Lipinski definition) is 2. The van der Waals surface area contributed by atoms with Crippen molar-refractivity contribution in [1.82, 2.24) is 5.32 Å². The van der Waals surface area contributed by atoms with Crippen LogP contribution in [0.5, 0.6) is 0 Å². The quantitative estimate of drug-likeness (QED) is 0.418. The molecule has 0 saturated carbocycles. The van der Waals surface area contributed by atoms with Gasteiger partial charge in [-0.25, -0.2) is 0 Å². The van der Waals surface area contributed by atoms with Gasteiger partial charge in [0, 0.05) is 12.2 Å². The van der Waals surface area contributed by atoms with Crippen LogP contribution in [0.1, 0.15) is 6.42 Å². The summed E-state index contributed by atoms with van der Waals surface area (Å²) in [6, 6.07) is 0. The number of rotatable bonds is 5. The lowest BCUT2D eigenvalue weighted by Crippen LogP contribution is -2.15. The highest BCUT2D eigenvalue weighted by Gasteiger charge is 1.83. The summed E-state index contributed by atoms with van der Waals surface area (Å²) in [6.45, 7) is 8.83. The molecule has 2 nitrogen and oxygen atoms in total. The van der Waals surface area contributed by atoms with Crippen LogP contribution < -0.4 is 11.1 Å². The van der Waals surface area contributed by atoms with Crippen LogP contribution in [0, 0.1) is 0 Å². The SMILES string of the molecule is C=CC(=C)NCCCN. The number of nitrogens with two attached hydrogens (primary N) is 1. The zero-order valence-electron chi connectivity index (χ0n) is 5.69. The van der Waals surface area contributed by atoms with E-state index >= 15 is 0 Å². The van der Waals surface area contributed by atoms with Crippen LogP contribution in [0.2, 0.25) is 0 Å². The molecule has 9 heavy (non-hydrogen) atoms. The summed E-state index contributed by atoms with van der Waals surface area (Å²) < 4.78 is 0. The third-order valence-corrected chi connectivity index (χ3v) is 0.979. The van der Waals surface area contributed by atoms with Crippen LogP contribution in [0.4, 0.5) is 0 Å². The summed E-state index contributed by atoms with van der Waals surface area (Å²) >= 11 is 0. The first-order chi connectivity index (χ1) is 4.31. The fraction of sp³-hybridized carbons (Fsp3) is 0.429. The normalized spacial score (nSPS) is 8.56. The Hall–Kier alpha value is -0.760. The zero-order chi connectivity index (χ0) is 7.11. The highest BCUT2D eigenvalue weighted by molar-refractivity contribution is 5.07. The first-order valence-electron chi connectivity index (χ1n) is 3.06. The number of hydrogen-bond donors (Lipinski definition) is 2. The minimum atomic E-state index is 0.720. The van der Waals surface area contributed by atoms with Gasteiger partial charge in [-0.3, -0.25) is 0 Å². The molecular formula is C7H14N2. The fourth-order valence-electron chi connectivity index (χ4n) is 0.423. The molecule has 0 bridgehead atoms. The summed E-state index contributed by atoms with van der Waals surface area (Å²) in [4.78, 5) is 0. The van der Waals surface area contributed by atoms with Gasteiger partial charge in [-0.2, -0.15) is 0 Å². The van der Waals surface area contributed by atoms with Crippen molar-refractivity contribution in [2.75, 3.05) is 13.1 Å². The second-order valence-electron chi connectivity index (χ2n) is 1.80. The van der Waals surface area contributed by atoms with Crippen LogP contribution in [0.3, 0.4) is 0 Å². The predicted octanol–water partition coefficient (Wildman–Crippen LogP) is 0.624. The van der Waals surface area contributed by atoms with Gasteiger partial charge >= 0.3 is 0 Å². The van der Waals surface area contributed by atoms with Gasteiger partial charge < -0.3 is 11.1 Å². The smallest absolute Gasteiger partial charge is 0.0261 e. The molecule has 0 radical (unpaired) electrons. The van der Waals surface area contributed by atoms with Crippen molar-refractivity contribution in [3.8, 4) is 0 Å². The average molecular weight is 126 g/mol. The van der Waals surface area contributed by atoms with E-state index in [-0.39, 0.29) is 0 Å². The number of allylic oxidation sites excluding steroid dienone is 1. The van der Waals surface area contributed by atoms with Crippen LogP contribution >= 0.6 is 0 Å². The molecule has 0 unspecified atom stereocenters. The van der Waals surface area contributed by atoms with Crippen molar-refractivity contribution < 1.29 is 0 Å². The third-order valence-electron chi connectivity index (χ3n) is 0.979. The Bertz CT molecular complexity index is 97.1. The van der Waals surface area contributed by atoms with Crippen molar-refractivity contribution in [2.24, 2.45) is 5.73 Å². The van der Waals surface area contributed by atoms with Gasteiger partial charge in [0.15, 0.2) is 0 Å². The van der Waals surface area contributed by atoms with E-state index in [1.807, 2.05) is 0 Å². The summed E-state index contributed by atoms with van der Waals surface area (Å²) in [6.07, 6.45) is 2.67. The molecule has 52 valence electrons. The second-order valence-corrected chi connectivity index (χ2v) is 1.80. The maximum atomic E-state index is 5.26. The monoisotopic (exact) mass is 126 g/mol. The standard InChI is InChI=1S/C7H14N2/c1-3-7(2)9-6-4-5-8/h3,9H,1-2,4-6,8H2. The molecule has 3 N–H and O–H groups in total. The molecule has 0 aliphatic carbocycles. The van der Waals surface area contributed by atoms with Gasteiger partial charge in [-0.15, -0.1) is 0 Å². The summed E-state index contributed by atoms with van der Waals surface area (Å²) in [5.41, 5.74) is 6.12. The lowest BCUT2D eigenvalue weighted by molar-refractivity contribution is 0.745. The topological polar surface area (TPSA) is 38.0 Å². The van der Waals surface area contributed by atoms with E-state index in [2.05, 4.69) is 18.5 Å². The molecule has 0 rings (SSSR count). The molecule has 2 heteroatoms. The van der Waals surface area contributed by atoms with Gasteiger partial charge in [0.1, 0.15) is 0 Å². The van der Waals surface area contributed by atoms with Crippen molar-refractivity contribution in [2.45, 2.75) is 6.42 Å². The van der Waals surface area contributed by atoms with Gasteiger partial charge in [0.25, 0.3) is 0 Å². The van der Waals surface area contributed by atoms with Crippen molar-refractivity contribution in [3.05, 3.63) is 24.9 Å². The van der Waals surface area contributed by atoms with Gasteiger partial charge in [-0.1, -0.05) is 13.2 Å². The maximum absolute atomic E-state index is 5.26. The molecule has 0 atom stereocenters. The minimum absolute atomic E-state index is 0.720. The molecule has 0 aromatic heterocycles. The van der Waals surface area contributed by atoms with Crippen molar-refractivity contribution >= 4 is 0 Å². The van der Waals surface area contributed by atoms with Crippen LogP contribution in [-0.2, 0) is 0 Å². The maximum Gasteiger partial charge on any atom is 0.0261 e. The molecule has 0 aromatic rings. The van der Waals surface area contributed by atoms with E-state index in [0.29, 0.717) is 0 Å². The molecule has 0 spiro atoms. The molecule has 0 aliphatic rings. The van der Waals surface area contributed by atoms with E-state index in [9.17, 15) is 0 Å². The molecule has 0 aliphatic heterocycles. The predicted molar refractivity (Wildman–Crippen MR) is 41.0 cm³/mol. The Labute approximate surface area is 56.4 Å². The average Bonchev–Trinajstić information content (AvgIpc) is 1.89. The van der Waals surface area contributed by atoms with Crippen molar-refractivity contribution in [1.29, 1.82) is 0 Å².